The van der Waals surface area contributed by atoms with Gasteiger partial charge >= 0.3 is 5.97 Å². The molecule has 1 rings (SSSR count). The zero-order valence-corrected chi connectivity index (χ0v) is 14.8. The normalized spacial score (nSPS) is 11.5. The van der Waals surface area contributed by atoms with Crippen LogP contribution in [0.15, 0.2) is 18.2 Å². The molecule has 0 aliphatic rings. The first-order chi connectivity index (χ1) is 11.4. The van der Waals surface area contributed by atoms with Gasteiger partial charge in [-0.15, -0.1) is 11.6 Å². The molecule has 0 fully saturated rings. The number of alkyl halides is 1. The van der Waals surface area contributed by atoms with Gasteiger partial charge in [-0.3, -0.25) is 14.4 Å². The molecule has 1 N–H and O–H groups in total. The van der Waals surface area contributed by atoms with E-state index in [2.05, 4.69) is 5.32 Å². The number of ether oxygens (including phenoxy) is 2. The molecule has 1 amide bonds. The van der Waals surface area contributed by atoms with E-state index in [1.54, 1.807) is 18.2 Å². The lowest BCUT2D eigenvalue weighted by atomic mass is 10.1. The van der Waals surface area contributed by atoms with Crippen molar-refractivity contribution in [1.82, 2.24) is 0 Å². The van der Waals surface area contributed by atoms with E-state index in [1.165, 1.54) is 13.8 Å². The largest absolute Gasteiger partial charge is 0.489 e. The van der Waals surface area contributed by atoms with E-state index in [4.69, 9.17) is 21.1 Å². The molecule has 1 aromatic carbocycles. The van der Waals surface area contributed by atoms with Crippen LogP contribution in [-0.4, -0.2) is 36.3 Å². The zero-order chi connectivity index (χ0) is 18.1. The van der Waals surface area contributed by atoms with E-state index in [0.29, 0.717) is 23.4 Å². The molecular formula is C17H22ClNO5. The topological polar surface area (TPSA) is 81.7 Å². The number of carbonyl (C=O) groups excluding carboxylic acids is 3. The van der Waals surface area contributed by atoms with Gasteiger partial charge in [0, 0.05) is 19.0 Å². The van der Waals surface area contributed by atoms with Gasteiger partial charge in [-0.25, -0.2) is 0 Å². The Morgan fingerprint density at radius 3 is 2.50 bits per heavy atom. The summed E-state index contributed by atoms with van der Waals surface area (Å²) in [5.74, 6) is -0.340. The number of halogens is 1. The molecule has 0 spiro atoms. The average molecular weight is 356 g/mol. The predicted octanol–water partition coefficient (Wildman–Crippen LogP) is 3.18. The molecule has 0 radical (unpaired) electrons. The fraction of sp³-hybridized carbons (Fsp3) is 0.471. The van der Waals surface area contributed by atoms with Crippen molar-refractivity contribution < 1.29 is 23.9 Å². The molecule has 0 aliphatic heterocycles. The van der Waals surface area contributed by atoms with Gasteiger partial charge in [0.2, 0.25) is 5.91 Å². The predicted molar refractivity (Wildman–Crippen MR) is 91.8 cm³/mol. The Kier molecular flexibility index (Phi) is 8.26. The van der Waals surface area contributed by atoms with E-state index >= 15 is 0 Å². The number of hydrogen-bond acceptors (Lipinski definition) is 5. The van der Waals surface area contributed by atoms with Crippen LogP contribution in [-0.2, 0) is 14.3 Å². The Balaban J connectivity index is 2.85. The highest BCUT2D eigenvalue weighted by atomic mass is 35.5. The smallest absolute Gasteiger partial charge is 0.303 e. The van der Waals surface area contributed by atoms with Gasteiger partial charge in [0.1, 0.15) is 18.5 Å². The molecule has 0 aliphatic carbocycles. The lowest BCUT2D eigenvalue weighted by molar-refractivity contribution is -0.146. The first kappa shape index (κ1) is 20.0. The molecule has 1 aromatic rings. The summed E-state index contributed by atoms with van der Waals surface area (Å²) >= 11 is 5.72. The molecule has 1 atom stereocenters. The molecular weight excluding hydrogens is 334 g/mol. The molecule has 24 heavy (non-hydrogen) atoms. The lowest BCUT2D eigenvalue weighted by Gasteiger charge is -2.17. The van der Waals surface area contributed by atoms with Gasteiger partial charge in [0.15, 0.2) is 5.78 Å². The number of rotatable bonds is 9. The highest BCUT2D eigenvalue weighted by Gasteiger charge is 2.15. The van der Waals surface area contributed by atoms with Crippen LogP contribution in [0.4, 0.5) is 5.69 Å². The summed E-state index contributed by atoms with van der Waals surface area (Å²) in [5.41, 5.74) is 0.861. The van der Waals surface area contributed by atoms with Gasteiger partial charge in [-0.05, 0) is 31.5 Å². The number of anilines is 1. The number of ketones is 1. The molecule has 7 heteroatoms. The van der Waals surface area contributed by atoms with Gasteiger partial charge < -0.3 is 14.8 Å². The van der Waals surface area contributed by atoms with E-state index in [0.717, 1.165) is 6.42 Å². The van der Waals surface area contributed by atoms with Gasteiger partial charge in [0.25, 0.3) is 0 Å². The first-order valence-electron chi connectivity index (χ1n) is 7.68. The van der Waals surface area contributed by atoms with Crippen molar-refractivity contribution in [2.24, 2.45) is 0 Å². The fourth-order valence-electron chi connectivity index (χ4n) is 1.99. The summed E-state index contributed by atoms with van der Waals surface area (Å²) in [5, 5.41) is 2.73. The lowest BCUT2D eigenvalue weighted by Crippen LogP contribution is -2.26. The number of Topliss-reactive ketones (excluding diaryl/α,β-unsaturated/α-hetero) is 1. The van der Waals surface area contributed by atoms with Crippen LogP contribution >= 0.6 is 11.6 Å². The fourth-order valence-corrected chi connectivity index (χ4v) is 2.14. The molecule has 0 bridgehead atoms. The Bertz CT molecular complexity index is 603. The molecule has 132 valence electrons. The third-order valence-electron chi connectivity index (χ3n) is 3.05. The number of benzene rings is 1. The number of amides is 1. The summed E-state index contributed by atoms with van der Waals surface area (Å²) in [6, 6.07) is 4.81. The molecule has 0 unspecified atom stereocenters. The third kappa shape index (κ3) is 6.58. The Labute approximate surface area is 146 Å². The van der Waals surface area contributed by atoms with Crippen LogP contribution in [0, 0.1) is 0 Å². The van der Waals surface area contributed by atoms with Crippen LogP contribution in [0.25, 0.3) is 0 Å². The minimum absolute atomic E-state index is 0.0326. The van der Waals surface area contributed by atoms with Gasteiger partial charge in [-0.2, -0.15) is 0 Å². The minimum Gasteiger partial charge on any atom is -0.489 e. The highest BCUT2D eigenvalue weighted by Crippen LogP contribution is 2.24. The molecule has 0 saturated heterocycles. The van der Waals surface area contributed by atoms with Crippen LogP contribution < -0.4 is 10.1 Å². The molecule has 0 aromatic heterocycles. The summed E-state index contributed by atoms with van der Waals surface area (Å²) in [4.78, 5) is 34.4. The van der Waals surface area contributed by atoms with E-state index < -0.39 is 12.1 Å². The summed E-state index contributed by atoms with van der Waals surface area (Å²) < 4.78 is 10.6. The molecule has 0 heterocycles. The van der Waals surface area contributed by atoms with Crippen molar-refractivity contribution >= 4 is 34.9 Å². The van der Waals surface area contributed by atoms with Crippen LogP contribution in [0.3, 0.4) is 0 Å². The number of nitrogens with one attached hydrogen (secondary N) is 1. The van der Waals surface area contributed by atoms with Crippen molar-refractivity contribution in [3.63, 3.8) is 0 Å². The second kappa shape index (κ2) is 9.93. The van der Waals surface area contributed by atoms with Crippen molar-refractivity contribution in [2.45, 2.75) is 39.7 Å². The van der Waals surface area contributed by atoms with Crippen LogP contribution in [0.5, 0.6) is 5.75 Å². The maximum Gasteiger partial charge on any atom is 0.303 e. The van der Waals surface area contributed by atoms with E-state index in [1.807, 2.05) is 6.92 Å². The number of esters is 1. The summed E-state index contributed by atoms with van der Waals surface area (Å²) in [6.07, 6.45) is 0.545. The number of carbonyl (C=O) groups is 3. The van der Waals surface area contributed by atoms with Gasteiger partial charge in [-0.1, -0.05) is 6.92 Å². The van der Waals surface area contributed by atoms with E-state index in [-0.39, 0.29) is 24.2 Å². The molecule has 0 saturated carbocycles. The maximum atomic E-state index is 11.8. The monoisotopic (exact) mass is 355 g/mol. The maximum absolute atomic E-state index is 11.8. The SMILES string of the molecule is CCCC(=O)Nc1ccc(OC[C@@H](CCl)OC(C)=O)c(C(C)=O)c1. The third-order valence-corrected chi connectivity index (χ3v) is 3.39. The van der Waals surface area contributed by atoms with Crippen molar-refractivity contribution in [3.8, 4) is 5.75 Å². The molecule has 6 nitrogen and oxygen atoms in total. The summed E-state index contributed by atoms with van der Waals surface area (Å²) in [6.45, 7) is 4.64. The van der Waals surface area contributed by atoms with E-state index in [9.17, 15) is 14.4 Å². The second-order valence-corrected chi connectivity index (χ2v) is 5.57. The van der Waals surface area contributed by atoms with Crippen molar-refractivity contribution in [1.29, 1.82) is 0 Å². The quantitative estimate of drug-likeness (QED) is 0.418. The Morgan fingerprint density at radius 2 is 1.96 bits per heavy atom. The van der Waals surface area contributed by atoms with Crippen LogP contribution in [0.2, 0.25) is 0 Å². The number of hydrogen-bond donors (Lipinski definition) is 1. The van der Waals surface area contributed by atoms with Crippen molar-refractivity contribution in [2.75, 3.05) is 17.8 Å². The minimum atomic E-state index is -0.604. The second-order valence-electron chi connectivity index (χ2n) is 5.26. The summed E-state index contributed by atoms with van der Waals surface area (Å²) in [7, 11) is 0. The Hall–Kier alpha value is -2.08. The van der Waals surface area contributed by atoms with Crippen molar-refractivity contribution in [3.05, 3.63) is 23.8 Å². The standard InChI is InChI=1S/C17H22ClNO5/c1-4-5-17(22)19-13-6-7-16(15(8-13)11(2)20)23-10-14(9-18)24-12(3)21/h6-8,14H,4-5,9-10H2,1-3H3,(H,19,22)/t14-/m1/s1. The van der Waals surface area contributed by atoms with Gasteiger partial charge in [0.05, 0.1) is 11.4 Å². The van der Waals surface area contributed by atoms with Crippen LogP contribution in [0.1, 0.15) is 44.0 Å². The zero-order valence-electron chi connectivity index (χ0n) is 14.1. The first-order valence-corrected chi connectivity index (χ1v) is 8.21. The average Bonchev–Trinajstić information content (AvgIpc) is 2.51. The Morgan fingerprint density at radius 1 is 1.25 bits per heavy atom. The highest BCUT2D eigenvalue weighted by molar-refractivity contribution is 6.18.